The molecule has 0 saturated carbocycles. The molecule has 2 nitrogen and oxygen atoms in total. The number of halogens is 1. The minimum atomic E-state index is 0.656. The van der Waals surface area contributed by atoms with E-state index in [1.807, 2.05) is 6.07 Å². The molecule has 0 radical (unpaired) electrons. The summed E-state index contributed by atoms with van der Waals surface area (Å²) < 4.78 is 0. The molecule has 1 aliphatic rings. The van der Waals surface area contributed by atoms with Gasteiger partial charge < -0.3 is 10.6 Å². The van der Waals surface area contributed by atoms with Crippen LogP contribution in [0, 0.1) is 0 Å². The lowest BCUT2D eigenvalue weighted by molar-refractivity contribution is 0.434. The molecule has 1 aliphatic heterocycles. The normalized spacial score (nSPS) is 19.7. The minimum absolute atomic E-state index is 0.656. The van der Waals surface area contributed by atoms with Crippen LogP contribution in [-0.4, -0.2) is 19.1 Å². The van der Waals surface area contributed by atoms with Crippen molar-refractivity contribution in [1.82, 2.24) is 0 Å². The fourth-order valence-corrected chi connectivity index (χ4v) is 3.42. The minimum Gasteiger partial charge on any atom is -0.368 e. The largest absolute Gasteiger partial charge is 0.368 e. The van der Waals surface area contributed by atoms with Crippen LogP contribution in [-0.2, 0) is 6.42 Å². The van der Waals surface area contributed by atoms with Crippen molar-refractivity contribution in [3.8, 4) is 0 Å². The second-order valence-corrected chi connectivity index (χ2v) is 5.82. The van der Waals surface area contributed by atoms with Gasteiger partial charge in [0.1, 0.15) is 0 Å². The van der Waals surface area contributed by atoms with Crippen LogP contribution in [0.2, 0.25) is 5.02 Å². The average molecular weight is 281 g/mol. The number of benzene rings is 1. The third-order valence-electron chi connectivity index (χ3n) is 4.05. The van der Waals surface area contributed by atoms with Gasteiger partial charge >= 0.3 is 0 Å². The SMILES string of the molecule is CCCC1CCCCN1c1cccc(Cl)c1CCN. The maximum absolute atomic E-state index is 6.37. The van der Waals surface area contributed by atoms with Crippen molar-refractivity contribution in [3.05, 3.63) is 28.8 Å². The number of anilines is 1. The second-order valence-electron chi connectivity index (χ2n) is 5.41. The van der Waals surface area contributed by atoms with Crippen LogP contribution in [0.4, 0.5) is 5.69 Å². The zero-order chi connectivity index (χ0) is 13.7. The Bertz CT molecular complexity index is 404. The Morgan fingerprint density at radius 3 is 2.95 bits per heavy atom. The molecule has 19 heavy (non-hydrogen) atoms. The van der Waals surface area contributed by atoms with Gasteiger partial charge in [-0.05, 0) is 56.3 Å². The zero-order valence-electron chi connectivity index (χ0n) is 11.9. The zero-order valence-corrected chi connectivity index (χ0v) is 12.6. The number of piperidine rings is 1. The smallest absolute Gasteiger partial charge is 0.0459 e. The highest BCUT2D eigenvalue weighted by atomic mass is 35.5. The van der Waals surface area contributed by atoms with Crippen LogP contribution in [0.25, 0.3) is 0 Å². The summed E-state index contributed by atoms with van der Waals surface area (Å²) in [7, 11) is 0. The van der Waals surface area contributed by atoms with Crippen molar-refractivity contribution in [2.45, 2.75) is 51.5 Å². The molecule has 2 N–H and O–H groups in total. The van der Waals surface area contributed by atoms with Crippen molar-refractivity contribution in [2.24, 2.45) is 5.73 Å². The Balaban J connectivity index is 2.30. The fraction of sp³-hybridized carbons (Fsp3) is 0.625. The maximum atomic E-state index is 6.37. The summed E-state index contributed by atoms with van der Waals surface area (Å²) in [6, 6.07) is 6.93. The van der Waals surface area contributed by atoms with Crippen molar-refractivity contribution in [3.63, 3.8) is 0 Å². The fourth-order valence-electron chi connectivity index (χ4n) is 3.16. The van der Waals surface area contributed by atoms with Crippen LogP contribution in [0.5, 0.6) is 0 Å². The molecule has 0 bridgehead atoms. The van der Waals surface area contributed by atoms with Gasteiger partial charge in [0.15, 0.2) is 0 Å². The van der Waals surface area contributed by atoms with E-state index in [1.54, 1.807) is 0 Å². The highest BCUT2D eigenvalue weighted by Crippen LogP contribution is 2.33. The van der Waals surface area contributed by atoms with Crippen LogP contribution >= 0.6 is 11.6 Å². The average Bonchev–Trinajstić information content (AvgIpc) is 2.42. The first-order valence-corrected chi connectivity index (χ1v) is 7.89. The van der Waals surface area contributed by atoms with Crippen LogP contribution in [0.1, 0.15) is 44.6 Å². The highest BCUT2D eigenvalue weighted by molar-refractivity contribution is 6.31. The Labute approximate surface area is 121 Å². The highest BCUT2D eigenvalue weighted by Gasteiger charge is 2.24. The molecule has 3 heteroatoms. The van der Waals surface area contributed by atoms with E-state index in [1.165, 1.54) is 43.4 Å². The summed E-state index contributed by atoms with van der Waals surface area (Å²) >= 11 is 6.37. The van der Waals surface area contributed by atoms with Crippen LogP contribution in [0.3, 0.4) is 0 Å². The van der Waals surface area contributed by atoms with E-state index >= 15 is 0 Å². The molecule has 1 aromatic carbocycles. The lowest BCUT2D eigenvalue weighted by atomic mass is 9.96. The Hall–Kier alpha value is -0.730. The number of hydrogen-bond acceptors (Lipinski definition) is 2. The molecule has 0 aromatic heterocycles. The van der Waals surface area contributed by atoms with E-state index in [2.05, 4.69) is 24.0 Å². The van der Waals surface area contributed by atoms with E-state index in [0.29, 0.717) is 12.6 Å². The molecule has 2 rings (SSSR count). The number of nitrogens with zero attached hydrogens (tertiary/aromatic N) is 1. The van der Waals surface area contributed by atoms with Crippen molar-refractivity contribution >= 4 is 17.3 Å². The van der Waals surface area contributed by atoms with Gasteiger partial charge in [-0.1, -0.05) is 31.0 Å². The van der Waals surface area contributed by atoms with E-state index < -0.39 is 0 Å². The molecule has 1 saturated heterocycles. The topological polar surface area (TPSA) is 29.3 Å². The number of rotatable bonds is 5. The molecule has 106 valence electrons. The number of nitrogens with two attached hydrogens (primary N) is 1. The molecule has 0 amide bonds. The summed E-state index contributed by atoms with van der Waals surface area (Å²) in [5, 5.41) is 0.865. The first-order chi connectivity index (χ1) is 9.27. The van der Waals surface area contributed by atoms with Gasteiger partial charge in [0.2, 0.25) is 0 Å². The predicted molar refractivity (Wildman–Crippen MR) is 84.1 cm³/mol. The lowest BCUT2D eigenvalue weighted by Gasteiger charge is -2.39. The van der Waals surface area contributed by atoms with Gasteiger partial charge in [0.05, 0.1) is 0 Å². The molecule has 0 aliphatic carbocycles. The molecule has 0 spiro atoms. The Kier molecular flexibility index (Phi) is 5.53. The van der Waals surface area contributed by atoms with Gasteiger partial charge in [-0.3, -0.25) is 0 Å². The van der Waals surface area contributed by atoms with E-state index in [0.717, 1.165) is 18.0 Å². The van der Waals surface area contributed by atoms with Crippen molar-refractivity contribution in [2.75, 3.05) is 18.0 Å². The summed E-state index contributed by atoms with van der Waals surface area (Å²) in [6.07, 6.45) is 7.33. The van der Waals surface area contributed by atoms with E-state index in [9.17, 15) is 0 Å². The van der Waals surface area contributed by atoms with Crippen LogP contribution in [0.15, 0.2) is 18.2 Å². The van der Waals surface area contributed by atoms with Gasteiger partial charge in [0.25, 0.3) is 0 Å². The molecule has 1 atom stereocenters. The molecular formula is C16H25ClN2. The summed E-state index contributed by atoms with van der Waals surface area (Å²) in [4.78, 5) is 2.57. The van der Waals surface area contributed by atoms with Crippen molar-refractivity contribution < 1.29 is 0 Å². The maximum Gasteiger partial charge on any atom is 0.0459 e. The Morgan fingerprint density at radius 2 is 2.21 bits per heavy atom. The summed E-state index contributed by atoms with van der Waals surface area (Å²) in [5.41, 5.74) is 8.29. The molecule has 1 fully saturated rings. The van der Waals surface area contributed by atoms with Crippen molar-refractivity contribution in [1.29, 1.82) is 0 Å². The predicted octanol–water partition coefficient (Wildman–Crippen LogP) is 4.00. The van der Waals surface area contributed by atoms with E-state index in [4.69, 9.17) is 17.3 Å². The quantitative estimate of drug-likeness (QED) is 0.883. The molecule has 1 unspecified atom stereocenters. The lowest BCUT2D eigenvalue weighted by Crippen LogP contribution is -2.40. The van der Waals surface area contributed by atoms with Gasteiger partial charge in [-0.15, -0.1) is 0 Å². The van der Waals surface area contributed by atoms with E-state index in [-0.39, 0.29) is 0 Å². The summed E-state index contributed by atoms with van der Waals surface area (Å²) in [6.45, 7) is 4.08. The summed E-state index contributed by atoms with van der Waals surface area (Å²) in [5.74, 6) is 0. The molecule has 1 aromatic rings. The second kappa shape index (κ2) is 7.16. The van der Waals surface area contributed by atoms with Gasteiger partial charge in [-0.25, -0.2) is 0 Å². The molecular weight excluding hydrogens is 256 g/mol. The van der Waals surface area contributed by atoms with Gasteiger partial charge in [0, 0.05) is 23.3 Å². The monoisotopic (exact) mass is 280 g/mol. The Morgan fingerprint density at radius 1 is 1.37 bits per heavy atom. The standard InChI is InChI=1S/C16H25ClN2/c1-2-6-13-7-3-4-12-19(13)16-9-5-8-15(17)14(16)10-11-18/h5,8-9,13H,2-4,6-7,10-12,18H2,1H3. The van der Waals surface area contributed by atoms with Crippen LogP contribution < -0.4 is 10.6 Å². The molecule has 1 heterocycles. The first kappa shape index (κ1) is 14.7. The van der Waals surface area contributed by atoms with Gasteiger partial charge in [-0.2, -0.15) is 0 Å². The first-order valence-electron chi connectivity index (χ1n) is 7.52. The third kappa shape index (κ3) is 3.43. The number of hydrogen-bond donors (Lipinski definition) is 1. The third-order valence-corrected chi connectivity index (χ3v) is 4.40.